The molecule has 0 saturated carbocycles. The molecule has 1 aromatic carbocycles. The highest BCUT2D eigenvalue weighted by Gasteiger charge is 2.29. The predicted molar refractivity (Wildman–Crippen MR) is 112 cm³/mol. The SMILES string of the molecule is CCn1c(C2CCCN(C(=O)c3cnc(Cc4ccc(F)cc4)s3)C2)n[nH]c1=S. The van der Waals surface area contributed by atoms with Crippen LogP contribution in [0.4, 0.5) is 4.39 Å². The van der Waals surface area contributed by atoms with Gasteiger partial charge >= 0.3 is 0 Å². The van der Waals surface area contributed by atoms with Crippen molar-refractivity contribution in [1.29, 1.82) is 0 Å². The Morgan fingerprint density at radius 3 is 2.93 bits per heavy atom. The quantitative estimate of drug-likeness (QED) is 0.616. The number of rotatable bonds is 5. The number of aromatic amines is 1. The summed E-state index contributed by atoms with van der Waals surface area (Å²) in [6.07, 6.45) is 4.16. The lowest BCUT2D eigenvalue weighted by atomic mass is 9.97. The highest BCUT2D eigenvalue weighted by Crippen LogP contribution is 2.28. The van der Waals surface area contributed by atoms with E-state index >= 15 is 0 Å². The molecule has 2 aromatic heterocycles. The Kier molecular flexibility index (Phi) is 5.86. The molecule has 152 valence electrons. The van der Waals surface area contributed by atoms with Gasteiger partial charge in [-0.05, 0) is 49.7 Å². The van der Waals surface area contributed by atoms with Crippen LogP contribution in [0.5, 0.6) is 0 Å². The van der Waals surface area contributed by atoms with Crippen molar-refractivity contribution < 1.29 is 9.18 Å². The third kappa shape index (κ3) is 4.30. The average molecular weight is 432 g/mol. The Bertz CT molecular complexity index is 1060. The molecule has 0 aliphatic carbocycles. The van der Waals surface area contributed by atoms with E-state index in [1.165, 1.54) is 23.5 Å². The summed E-state index contributed by atoms with van der Waals surface area (Å²) in [5.41, 5.74) is 0.972. The normalized spacial score (nSPS) is 16.9. The van der Waals surface area contributed by atoms with Crippen LogP contribution in [-0.2, 0) is 13.0 Å². The minimum atomic E-state index is -0.257. The fraction of sp³-hybridized carbons (Fsp3) is 0.400. The molecule has 1 unspecified atom stereocenters. The smallest absolute Gasteiger partial charge is 0.265 e. The summed E-state index contributed by atoms with van der Waals surface area (Å²) in [7, 11) is 0. The third-order valence-electron chi connectivity index (χ3n) is 5.21. The molecule has 1 aliphatic heterocycles. The van der Waals surface area contributed by atoms with Crippen molar-refractivity contribution in [2.24, 2.45) is 0 Å². The highest BCUT2D eigenvalue weighted by molar-refractivity contribution is 7.71. The molecule has 29 heavy (non-hydrogen) atoms. The summed E-state index contributed by atoms with van der Waals surface area (Å²) in [5.74, 6) is 0.853. The van der Waals surface area contributed by atoms with E-state index in [2.05, 4.69) is 15.2 Å². The molecule has 3 aromatic rings. The Hall–Kier alpha value is -2.39. The molecule has 3 heterocycles. The monoisotopic (exact) mass is 431 g/mol. The molecule has 0 bridgehead atoms. The van der Waals surface area contributed by atoms with Gasteiger partial charge in [-0.2, -0.15) is 5.10 Å². The Balaban J connectivity index is 1.46. The van der Waals surface area contributed by atoms with Crippen LogP contribution in [0.3, 0.4) is 0 Å². The van der Waals surface area contributed by atoms with Gasteiger partial charge in [-0.3, -0.25) is 9.89 Å². The summed E-state index contributed by atoms with van der Waals surface area (Å²) in [6, 6.07) is 6.37. The molecule has 1 amide bonds. The summed E-state index contributed by atoms with van der Waals surface area (Å²) in [4.78, 5) is 20.0. The van der Waals surface area contributed by atoms with Crippen molar-refractivity contribution in [3.63, 3.8) is 0 Å². The lowest BCUT2D eigenvalue weighted by Crippen LogP contribution is -2.39. The first kappa shape index (κ1) is 19.9. The van der Waals surface area contributed by atoms with Crippen LogP contribution in [0.1, 0.15) is 51.8 Å². The van der Waals surface area contributed by atoms with Crippen molar-refractivity contribution in [2.45, 2.75) is 38.6 Å². The van der Waals surface area contributed by atoms with Crippen LogP contribution in [0.15, 0.2) is 30.5 Å². The van der Waals surface area contributed by atoms with Gasteiger partial charge in [0.15, 0.2) is 4.77 Å². The number of carbonyl (C=O) groups is 1. The molecule has 0 radical (unpaired) electrons. The number of aromatic nitrogens is 4. The van der Waals surface area contributed by atoms with Gasteiger partial charge in [0, 0.05) is 32.0 Å². The minimum absolute atomic E-state index is 0.00902. The molecule has 1 saturated heterocycles. The van der Waals surface area contributed by atoms with E-state index in [1.54, 1.807) is 18.3 Å². The second kappa shape index (κ2) is 8.54. The Morgan fingerprint density at radius 2 is 2.17 bits per heavy atom. The van der Waals surface area contributed by atoms with E-state index in [4.69, 9.17) is 12.2 Å². The third-order valence-corrected chi connectivity index (χ3v) is 6.51. The fourth-order valence-electron chi connectivity index (χ4n) is 3.74. The van der Waals surface area contributed by atoms with Crippen LogP contribution < -0.4 is 0 Å². The van der Waals surface area contributed by atoms with E-state index in [-0.39, 0.29) is 17.6 Å². The number of hydrogen-bond acceptors (Lipinski definition) is 5. The van der Waals surface area contributed by atoms with Crippen LogP contribution in [0, 0.1) is 10.6 Å². The topological polar surface area (TPSA) is 66.8 Å². The molecular formula is C20H22FN5OS2. The standard InChI is InChI=1S/C20H22FN5OS2/c1-2-26-18(23-24-20(26)28)14-4-3-9-25(12-14)19(27)16-11-22-17(29-16)10-13-5-7-15(21)8-6-13/h5-8,11,14H,2-4,9-10,12H2,1H3,(H,24,28). The van der Waals surface area contributed by atoms with Gasteiger partial charge in [-0.1, -0.05) is 12.1 Å². The number of benzene rings is 1. The molecule has 4 rings (SSSR count). The Labute approximate surface area is 177 Å². The number of nitrogens with one attached hydrogen (secondary N) is 1. The van der Waals surface area contributed by atoms with Crippen molar-refractivity contribution >= 4 is 29.5 Å². The van der Waals surface area contributed by atoms with Crippen LogP contribution >= 0.6 is 23.6 Å². The number of H-pyrrole nitrogens is 1. The van der Waals surface area contributed by atoms with E-state index in [0.717, 1.165) is 42.3 Å². The maximum atomic E-state index is 13.1. The second-order valence-corrected chi connectivity index (χ2v) is 8.64. The molecule has 9 heteroatoms. The first-order chi connectivity index (χ1) is 14.0. The summed E-state index contributed by atoms with van der Waals surface area (Å²) >= 11 is 6.70. The summed E-state index contributed by atoms with van der Waals surface area (Å²) in [6.45, 7) is 4.17. The molecule has 0 spiro atoms. The van der Waals surface area contributed by atoms with Crippen LogP contribution in [0.25, 0.3) is 0 Å². The molecule has 1 fully saturated rings. The average Bonchev–Trinajstić information content (AvgIpc) is 3.35. The maximum absolute atomic E-state index is 13.1. The maximum Gasteiger partial charge on any atom is 0.265 e. The first-order valence-corrected chi connectivity index (χ1v) is 10.9. The van der Waals surface area contributed by atoms with Gasteiger partial charge in [0.05, 0.1) is 11.2 Å². The largest absolute Gasteiger partial charge is 0.337 e. The number of likely N-dealkylation sites (tertiary alicyclic amines) is 1. The number of thiazole rings is 1. The van der Waals surface area contributed by atoms with E-state index in [0.29, 0.717) is 22.6 Å². The number of hydrogen-bond donors (Lipinski definition) is 1. The fourth-order valence-corrected chi connectivity index (χ4v) is 4.93. The van der Waals surface area contributed by atoms with E-state index in [1.807, 2.05) is 16.4 Å². The zero-order chi connectivity index (χ0) is 20.4. The minimum Gasteiger partial charge on any atom is -0.337 e. The zero-order valence-corrected chi connectivity index (χ0v) is 17.7. The lowest BCUT2D eigenvalue weighted by Gasteiger charge is -2.32. The summed E-state index contributed by atoms with van der Waals surface area (Å²) < 4.78 is 15.7. The molecule has 1 atom stereocenters. The van der Waals surface area contributed by atoms with Gasteiger partial charge in [0.25, 0.3) is 5.91 Å². The van der Waals surface area contributed by atoms with E-state index < -0.39 is 0 Å². The Morgan fingerprint density at radius 1 is 1.38 bits per heavy atom. The number of nitrogens with zero attached hydrogens (tertiary/aromatic N) is 4. The number of piperidine rings is 1. The van der Waals surface area contributed by atoms with Crippen molar-refractivity contribution in [1.82, 2.24) is 24.6 Å². The van der Waals surface area contributed by atoms with Crippen molar-refractivity contribution in [3.8, 4) is 0 Å². The summed E-state index contributed by atoms with van der Waals surface area (Å²) in [5, 5.41) is 8.12. The molecular weight excluding hydrogens is 409 g/mol. The second-order valence-electron chi connectivity index (χ2n) is 7.14. The number of carbonyl (C=O) groups excluding carboxylic acids is 1. The lowest BCUT2D eigenvalue weighted by molar-refractivity contribution is 0.0708. The molecule has 1 N–H and O–H groups in total. The van der Waals surface area contributed by atoms with Crippen molar-refractivity contribution in [2.75, 3.05) is 13.1 Å². The highest BCUT2D eigenvalue weighted by atomic mass is 32.1. The van der Waals surface area contributed by atoms with Gasteiger partial charge < -0.3 is 9.47 Å². The molecule has 1 aliphatic rings. The van der Waals surface area contributed by atoms with Crippen molar-refractivity contribution in [3.05, 3.63) is 62.3 Å². The predicted octanol–water partition coefficient (Wildman–Crippen LogP) is 4.17. The molecule has 6 nitrogen and oxygen atoms in total. The first-order valence-electron chi connectivity index (χ1n) is 9.68. The van der Waals surface area contributed by atoms with Gasteiger partial charge in [-0.25, -0.2) is 9.37 Å². The van der Waals surface area contributed by atoms with Gasteiger partial charge in [-0.15, -0.1) is 11.3 Å². The van der Waals surface area contributed by atoms with Crippen LogP contribution in [0.2, 0.25) is 0 Å². The number of amides is 1. The zero-order valence-electron chi connectivity index (χ0n) is 16.1. The van der Waals surface area contributed by atoms with Gasteiger partial charge in [0.1, 0.15) is 16.5 Å². The van der Waals surface area contributed by atoms with Gasteiger partial charge in [0.2, 0.25) is 0 Å². The van der Waals surface area contributed by atoms with E-state index in [9.17, 15) is 9.18 Å². The number of halogens is 1. The van der Waals surface area contributed by atoms with Crippen LogP contribution in [-0.4, -0.2) is 43.6 Å².